The van der Waals surface area contributed by atoms with Crippen LogP contribution < -0.4 is 5.73 Å². The number of nitrogens with zero attached hydrogens (tertiary/aromatic N) is 2. The number of aromatic nitrogens is 2. The van der Waals surface area contributed by atoms with E-state index in [2.05, 4.69) is 36.1 Å². The Bertz CT molecular complexity index is 613. The van der Waals surface area contributed by atoms with Crippen LogP contribution in [0.5, 0.6) is 0 Å². The smallest absolute Gasteiger partial charge is 0.233 e. The Hall–Kier alpha value is -1.94. The van der Waals surface area contributed by atoms with Crippen molar-refractivity contribution in [1.29, 1.82) is 0 Å². The lowest BCUT2D eigenvalue weighted by Gasteiger charge is -2.04. The molecule has 2 atom stereocenters. The molecule has 4 heteroatoms. The molecule has 0 radical (unpaired) electrons. The molecule has 2 N–H and O–H groups in total. The van der Waals surface area contributed by atoms with Crippen LogP contribution in [0.1, 0.15) is 43.6 Å². The first-order valence-corrected chi connectivity index (χ1v) is 7.01. The van der Waals surface area contributed by atoms with Crippen molar-refractivity contribution in [1.82, 2.24) is 10.1 Å². The highest BCUT2D eigenvalue weighted by Crippen LogP contribution is 2.28. The molecule has 104 valence electrons. The van der Waals surface area contributed by atoms with Crippen molar-refractivity contribution in [2.45, 2.75) is 38.1 Å². The molecule has 0 spiro atoms. The van der Waals surface area contributed by atoms with Crippen LogP contribution in [0.3, 0.4) is 0 Å². The van der Waals surface area contributed by atoms with Crippen LogP contribution in [0.25, 0.3) is 11.4 Å². The van der Waals surface area contributed by atoms with Gasteiger partial charge in [-0.1, -0.05) is 55.4 Å². The fraction of sp³-hybridized carbons (Fsp3) is 0.375. The number of hydrogen-bond donors (Lipinski definition) is 1. The van der Waals surface area contributed by atoms with Crippen molar-refractivity contribution in [3.63, 3.8) is 0 Å². The SMILES string of the molecule is CC(C)c1ccc(-c2noc(C3C=CC(N)C3)n2)cc1. The highest BCUT2D eigenvalue weighted by Gasteiger charge is 2.23. The molecule has 1 aliphatic rings. The van der Waals surface area contributed by atoms with Gasteiger partial charge in [0, 0.05) is 11.6 Å². The molecule has 2 unspecified atom stereocenters. The third-order valence-electron chi connectivity index (χ3n) is 3.71. The minimum Gasteiger partial charge on any atom is -0.338 e. The van der Waals surface area contributed by atoms with E-state index < -0.39 is 0 Å². The molecule has 3 rings (SSSR count). The van der Waals surface area contributed by atoms with E-state index in [1.165, 1.54) is 5.56 Å². The molecule has 20 heavy (non-hydrogen) atoms. The van der Waals surface area contributed by atoms with Crippen LogP contribution in [0, 0.1) is 0 Å². The van der Waals surface area contributed by atoms with Gasteiger partial charge in [0.2, 0.25) is 11.7 Å². The fourth-order valence-electron chi connectivity index (χ4n) is 2.43. The molecule has 1 aliphatic carbocycles. The Morgan fingerprint density at radius 3 is 2.55 bits per heavy atom. The second-order valence-electron chi connectivity index (χ2n) is 5.62. The van der Waals surface area contributed by atoms with Crippen molar-refractivity contribution in [3.8, 4) is 11.4 Å². The van der Waals surface area contributed by atoms with E-state index in [-0.39, 0.29) is 12.0 Å². The molecule has 0 amide bonds. The van der Waals surface area contributed by atoms with Crippen molar-refractivity contribution in [2.75, 3.05) is 0 Å². The Kier molecular flexibility index (Phi) is 3.40. The van der Waals surface area contributed by atoms with Crippen molar-refractivity contribution in [3.05, 3.63) is 47.9 Å². The summed E-state index contributed by atoms with van der Waals surface area (Å²) < 4.78 is 5.36. The third kappa shape index (κ3) is 2.51. The normalized spacial score (nSPS) is 21.8. The monoisotopic (exact) mass is 269 g/mol. The van der Waals surface area contributed by atoms with Gasteiger partial charge in [-0.3, -0.25) is 0 Å². The summed E-state index contributed by atoms with van der Waals surface area (Å²) in [7, 11) is 0. The fourth-order valence-corrected chi connectivity index (χ4v) is 2.43. The van der Waals surface area contributed by atoms with Crippen LogP contribution in [0.15, 0.2) is 40.9 Å². The van der Waals surface area contributed by atoms with Crippen molar-refractivity contribution < 1.29 is 4.52 Å². The highest BCUT2D eigenvalue weighted by atomic mass is 16.5. The zero-order valence-electron chi connectivity index (χ0n) is 11.8. The Morgan fingerprint density at radius 1 is 1.20 bits per heavy atom. The van der Waals surface area contributed by atoms with Gasteiger partial charge in [0.05, 0.1) is 5.92 Å². The first kappa shape index (κ1) is 13.1. The molecule has 4 nitrogen and oxygen atoms in total. The van der Waals surface area contributed by atoms with E-state index in [0.29, 0.717) is 17.6 Å². The van der Waals surface area contributed by atoms with E-state index in [1.54, 1.807) is 0 Å². The lowest BCUT2D eigenvalue weighted by molar-refractivity contribution is 0.365. The molecular weight excluding hydrogens is 250 g/mol. The first-order valence-electron chi connectivity index (χ1n) is 7.01. The second-order valence-corrected chi connectivity index (χ2v) is 5.62. The van der Waals surface area contributed by atoms with Gasteiger partial charge in [-0.25, -0.2) is 0 Å². The van der Waals surface area contributed by atoms with Crippen LogP contribution in [-0.4, -0.2) is 16.2 Å². The van der Waals surface area contributed by atoms with Crippen LogP contribution >= 0.6 is 0 Å². The summed E-state index contributed by atoms with van der Waals surface area (Å²) >= 11 is 0. The van der Waals surface area contributed by atoms with Gasteiger partial charge in [-0.15, -0.1) is 0 Å². The zero-order chi connectivity index (χ0) is 14.1. The Balaban J connectivity index is 1.81. The topological polar surface area (TPSA) is 64.9 Å². The molecular formula is C16H19N3O. The van der Waals surface area contributed by atoms with Crippen LogP contribution in [0.4, 0.5) is 0 Å². The Morgan fingerprint density at radius 2 is 1.95 bits per heavy atom. The molecule has 0 saturated carbocycles. The summed E-state index contributed by atoms with van der Waals surface area (Å²) in [5.74, 6) is 1.97. The number of allylic oxidation sites excluding steroid dienone is 1. The largest absolute Gasteiger partial charge is 0.338 e. The molecule has 1 aromatic heterocycles. The standard InChI is InChI=1S/C16H19N3O/c1-10(2)11-3-5-12(6-4-11)15-18-16(20-19-15)13-7-8-14(17)9-13/h3-8,10,13-14H,9,17H2,1-2H3. The molecule has 1 aromatic carbocycles. The van der Waals surface area contributed by atoms with Gasteiger partial charge in [0.25, 0.3) is 0 Å². The number of hydrogen-bond acceptors (Lipinski definition) is 4. The predicted octanol–water partition coefficient (Wildman–Crippen LogP) is 3.23. The lowest BCUT2D eigenvalue weighted by Crippen LogP contribution is -2.14. The van der Waals surface area contributed by atoms with Gasteiger partial charge in [0.15, 0.2) is 0 Å². The summed E-state index contributed by atoms with van der Waals surface area (Å²) in [6.07, 6.45) is 4.88. The maximum atomic E-state index is 5.85. The van der Waals surface area contributed by atoms with Crippen LogP contribution in [-0.2, 0) is 0 Å². The predicted molar refractivity (Wildman–Crippen MR) is 78.3 cm³/mol. The third-order valence-corrected chi connectivity index (χ3v) is 3.71. The van der Waals surface area contributed by atoms with Gasteiger partial charge in [0.1, 0.15) is 0 Å². The lowest BCUT2D eigenvalue weighted by atomic mass is 10.0. The van der Waals surface area contributed by atoms with E-state index in [4.69, 9.17) is 10.3 Å². The summed E-state index contributed by atoms with van der Waals surface area (Å²) in [5, 5.41) is 4.07. The molecule has 0 fully saturated rings. The summed E-state index contributed by atoms with van der Waals surface area (Å²) in [5.41, 5.74) is 8.14. The summed E-state index contributed by atoms with van der Waals surface area (Å²) in [6.45, 7) is 4.36. The quantitative estimate of drug-likeness (QED) is 0.869. The molecule has 0 bridgehead atoms. The second kappa shape index (κ2) is 5.21. The average Bonchev–Trinajstić information content (AvgIpc) is 3.07. The minimum atomic E-state index is 0.0978. The van der Waals surface area contributed by atoms with E-state index in [9.17, 15) is 0 Å². The highest BCUT2D eigenvalue weighted by molar-refractivity contribution is 5.55. The average molecular weight is 269 g/mol. The molecule has 1 heterocycles. The van der Waals surface area contributed by atoms with E-state index in [0.717, 1.165) is 12.0 Å². The van der Waals surface area contributed by atoms with Crippen molar-refractivity contribution >= 4 is 0 Å². The maximum absolute atomic E-state index is 5.85. The Labute approximate surface area is 118 Å². The maximum Gasteiger partial charge on any atom is 0.233 e. The molecule has 2 aromatic rings. The van der Waals surface area contributed by atoms with Gasteiger partial charge in [-0.2, -0.15) is 4.98 Å². The van der Waals surface area contributed by atoms with E-state index >= 15 is 0 Å². The van der Waals surface area contributed by atoms with Crippen LogP contribution in [0.2, 0.25) is 0 Å². The number of benzene rings is 1. The van der Waals surface area contributed by atoms with Gasteiger partial charge >= 0.3 is 0 Å². The number of nitrogens with two attached hydrogens (primary N) is 1. The number of rotatable bonds is 3. The van der Waals surface area contributed by atoms with Gasteiger partial charge in [-0.05, 0) is 17.9 Å². The zero-order valence-corrected chi connectivity index (χ0v) is 11.8. The first-order chi connectivity index (χ1) is 9.63. The molecule has 0 aliphatic heterocycles. The minimum absolute atomic E-state index is 0.0978. The summed E-state index contributed by atoms with van der Waals surface area (Å²) in [4.78, 5) is 4.49. The van der Waals surface area contributed by atoms with Crippen molar-refractivity contribution in [2.24, 2.45) is 5.73 Å². The molecule has 0 saturated heterocycles. The van der Waals surface area contributed by atoms with E-state index in [1.807, 2.05) is 24.3 Å². The summed E-state index contributed by atoms with van der Waals surface area (Å²) in [6, 6.07) is 8.41. The van der Waals surface area contributed by atoms with Gasteiger partial charge < -0.3 is 10.3 Å².